The van der Waals surface area contributed by atoms with Crippen LogP contribution in [0.25, 0.3) is 0 Å². The average molecular weight is 183 g/mol. The number of nitrogens with two attached hydrogens (primary N) is 1. The first-order valence-electron chi connectivity index (χ1n) is 4.68. The van der Waals surface area contributed by atoms with Crippen molar-refractivity contribution in [3.05, 3.63) is 12.2 Å². The average Bonchev–Trinajstić information content (AvgIpc) is 2.63. The second-order valence-corrected chi connectivity index (χ2v) is 2.93. The fourth-order valence-electron chi connectivity index (χ4n) is 1.08. The van der Waals surface area contributed by atoms with E-state index in [1.807, 2.05) is 0 Å². The molecular formula is C8H17N5. The Morgan fingerprint density at radius 2 is 2.23 bits per heavy atom. The van der Waals surface area contributed by atoms with Crippen molar-refractivity contribution in [2.45, 2.75) is 19.3 Å². The van der Waals surface area contributed by atoms with Crippen LogP contribution in [0.15, 0.2) is 6.33 Å². The zero-order chi connectivity index (χ0) is 9.36. The molecule has 1 aromatic rings. The Hall–Kier alpha value is -0.940. The second kappa shape index (κ2) is 6.56. The minimum atomic E-state index is 0.759. The smallest absolute Gasteiger partial charge is 0.137 e. The van der Waals surface area contributed by atoms with E-state index in [1.54, 1.807) is 0 Å². The zero-order valence-electron chi connectivity index (χ0n) is 7.79. The molecule has 0 aliphatic heterocycles. The molecule has 0 aliphatic carbocycles. The lowest BCUT2D eigenvalue weighted by atomic mass is 10.3. The normalized spacial score (nSPS) is 10.5. The maximum atomic E-state index is 5.36. The summed E-state index contributed by atoms with van der Waals surface area (Å²) in [5, 5.41) is 9.91. The summed E-state index contributed by atoms with van der Waals surface area (Å²) in [7, 11) is 0. The van der Waals surface area contributed by atoms with Crippen molar-refractivity contribution in [1.29, 1.82) is 0 Å². The zero-order valence-corrected chi connectivity index (χ0v) is 7.79. The number of nitrogens with one attached hydrogen (secondary N) is 2. The highest BCUT2D eigenvalue weighted by Crippen LogP contribution is 1.91. The first-order chi connectivity index (χ1) is 6.43. The quantitative estimate of drug-likeness (QED) is 0.506. The predicted octanol–water partition coefficient (Wildman–Crippen LogP) is -0.324. The van der Waals surface area contributed by atoms with Crippen molar-refractivity contribution < 1.29 is 0 Å². The molecule has 1 heterocycles. The summed E-state index contributed by atoms with van der Waals surface area (Å²) < 4.78 is 0. The Kier molecular flexibility index (Phi) is 5.12. The molecule has 0 spiro atoms. The van der Waals surface area contributed by atoms with Crippen molar-refractivity contribution in [3.8, 4) is 0 Å². The fourth-order valence-corrected chi connectivity index (χ4v) is 1.08. The van der Waals surface area contributed by atoms with Gasteiger partial charge in [0.15, 0.2) is 0 Å². The van der Waals surface area contributed by atoms with Crippen LogP contribution in [0.1, 0.15) is 18.7 Å². The Morgan fingerprint density at radius 3 is 2.92 bits per heavy atom. The van der Waals surface area contributed by atoms with Gasteiger partial charge in [-0.15, -0.1) is 0 Å². The lowest BCUT2D eigenvalue weighted by Crippen LogP contribution is -2.19. The number of hydrogen-bond acceptors (Lipinski definition) is 4. The van der Waals surface area contributed by atoms with E-state index >= 15 is 0 Å². The Balaban J connectivity index is 1.90. The van der Waals surface area contributed by atoms with Crippen LogP contribution in [-0.2, 0) is 6.42 Å². The number of aromatic nitrogens is 3. The van der Waals surface area contributed by atoms with E-state index in [-0.39, 0.29) is 0 Å². The standard InChI is InChI=1S/C8H17N5/c9-4-2-6-10-5-1-3-8-11-7-12-13-8/h7,10H,1-6,9H2,(H,11,12,13). The maximum Gasteiger partial charge on any atom is 0.137 e. The van der Waals surface area contributed by atoms with Gasteiger partial charge in [0.1, 0.15) is 12.2 Å². The van der Waals surface area contributed by atoms with E-state index in [1.165, 1.54) is 6.33 Å². The number of rotatable bonds is 7. The van der Waals surface area contributed by atoms with Gasteiger partial charge in [-0.25, -0.2) is 4.98 Å². The summed E-state index contributed by atoms with van der Waals surface area (Å²) in [6.45, 7) is 2.78. The van der Waals surface area contributed by atoms with E-state index < -0.39 is 0 Å². The molecule has 0 radical (unpaired) electrons. The number of nitrogens with zero attached hydrogens (tertiary/aromatic N) is 2. The maximum absolute atomic E-state index is 5.36. The molecule has 0 atom stereocenters. The molecule has 4 N–H and O–H groups in total. The molecule has 5 heteroatoms. The van der Waals surface area contributed by atoms with Gasteiger partial charge < -0.3 is 11.1 Å². The van der Waals surface area contributed by atoms with E-state index in [0.717, 1.165) is 44.7 Å². The molecule has 0 aliphatic rings. The van der Waals surface area contributed by atoms with Crippen molar-refractivity contribution in [2.75, 3.05) is 19.6 Å². The summed E-state index contributed by atoms with van der Waals surface area (Å²) in [5.41, 5.74) is 5.36. The van der Waals surface area contributed by atoms with Crippen LogP contribution in [0.5, 0.6) is 0 Å². The van der Waals surface area contributed by atoms with Gasteiger partial charge in [0.25, 0.3) is 0 Å². The van der Waals surface area contributed by atoms with Crippen molar-refractivity contribution in [1.82, 2.24) is 20.5 Å². The monoisotopic (exact) mass is 183 g/mol. The summed E-state index contributed by atoms with van der Waals surface area (Å²) >= 11 is 0. The van der Waals surface area contributed by atoms with Crippen LogP contribution < -0.4 is 11.1 Å². The Morgan fingerprint density at radius 1 is 1.38 bits per heavy atom. The molecule has 5 nitrogen and oxygen atoms in total. The van der Waals surface area contributed by atoms with Gasteiger partial charge in [-0.3, -0.25) is 5.10 Å². The largest absolute Gasteiger partial charge is 0.330 e. The third kappa shape index (κ3) is 4.59. The van der Waals surface area contributed by atoms with E-state index in [0.29, 0.717) is 0 Å². The number of H-pyrrole nitrogens is 1. The summed E-state index contributed by atoms with van der Waals surface area (Å²) in [4.78, 5) is 4.04. The highest BCUT2D eigenvalue weighted by atomic mass is 15.2. The molecule has 0 bridgehead atoms. The summed E-state index contributed by atoms with van der Waals surface area (Å²) in [5.74, 6) is 0.959. The van der Waals surface area contributed by atoms with Crippen LogP contribution in [0.4, 0.5) is 0 Å². The lowest BCUT2D eigenvalue weighted by Gasteiger charge is -2.01. The van der Waals surface area contributed by atoms with Gasteiger partial charge in [-0.2, -0.15) is 5.10 Å². The SMILES string of the molecule is NCCCNCCCc1ncn[nH]1. The highest BCUT2D eigenvalue weighted by Gasteiger charge is 1.94. The van der Waals surface area contributed by atoms with Gasteiger partial charge in [-0.1, -0.05) is 0 Å². The molecule has 0 aromatic carbocycles. The number of aromatic amines is 1. The molecule has 1 rings (SSSR count). The van der Waals surface area contributed by atoms with Gasteiger partial charge in [0, 0.05) is 6.42 Å². The van der Waals surface area contributed by atoms with Gasteiger partial charge in [0.05, 0.1) is 0 Å². The number of aryl methyl sites for hydroxylation is 1. The Bertz CT molecular complexity index is 196. The van der Waals surface area contributed by atoms with Gasteiger partial charge >= 0.3 is 0 Å². The molecule has 13 heavy (non-hydrogen) atoms. The van der Waals surface area contributed by atoms with Crippen molar-refractivity contribution in [3.63, 3.8) is 0 Å². The fraction of sp³-hybridized carbons (Fsp3) is 0.750. The van der Waals surface area contributed by atoms with Crippen molar-refractivity contribution >= 4 is 0 Å². The minimum absolute atomic E-state index is 0.759. The van der Waals surface area contributed by atoms with E-state index in [2.05, 4.69) is 20.5 Å². The van der Waals surface area contributed by atoms with Crippen LogP contribution in [0.3, 0.4) is 0 Å². The molecule has 0 saturated heterocycles. The van der Waals surface area contributed by atoms with Crippen LogP contribution in [0, 0.1) is 0 Å². The highest BCUT2D eigenvalue weighted by molar-refractivity contribution is 4.79. The van der Waals surface area contributed by atoms with Crippen LogP contribution in [0.2, 0.25) is 0 Å². The summed E-state index contributed by atoms with van der Waals surface area (Å²) in [6.07, 6.45) is 4.62. The van der Waals surface area contributed by atoms with Crippen molar-refractivity contribution in [2.24, 2.45) is 5.73 Å². The molecule has 0 unspecified atom stereocenters. The molecule has 74 valence electrons. The van der Waals surface area contributed by atoms with Crippen LogP contribution >= 0.6 is 0 Å². The predicted molar refractivity (Wildman–Crippen MR) is 51.2 cm³/mol. The lowest BCUT2D eigenvalue weighted by molar-refractivity contribution is 0.620. The number of hydrogen-bond donors (Lipinski definition) is 3. The third-order valence-corrected chi connectivity index (χ3v) is 1.79. The van der Waals surface area contributed by atoms with E-state index in [9.17, 15) is 0 Å². The first kappa shape index (κ1) is 10.1. The minimum Gasteiger partial charge on any atom is -0.330 e. The first-order valence-corrected chi connectivity index (χ1v) is 4.68. The summed E-state index contributed by atoms with van der Waals surface area (Å²) in [6, 6.07) is 0. The molecule has 0 saturated carbocycles. The molecule has 1 aromatic heterocycles. The molecule has 0 amide bonds. The van der Waals surface area contributed by atoms with E-state index in [4.69, 9.17) is 5.73 Å². The topological polar surface area (TPSA) is 79.6 Å². The third-order valence-electron chi connectivity index (χ3n) is 1.79. The Labute approximate surface area is 78.1 Å². The second-order valence-electron chi connectivity index (χ2n) is 2.93. The van der Waals surface area contributed by atoms with Gasteiger partial charge in [-0.05, 0) is 32.5 Å². The molecular weight excluding hydrogens is 166 g/mol. The van der Waals surface area contributed by atoms with Crippen LogP contribution in [-0.4, -0.2) is 34.8 Å². The van der Waals surface area contributed by atoms with Gasteiger partial charge in [0.2, 0.25) is 0 Å². The molecule has 0 fully saturated rings.